The monoisotopic (exact) mass is 319 g/mol. The summed E-state index contributed by atoms with van der Waals surface area (Å²) in [7, 11) is 1.68. The summed E-state index contributed by atoms with van der Waals surface area (Å²) in [5.41, 5.74) is 2.75. The maximum Gasteiger partial charge on any atom is 0.226 e. The van der Waals surface area contributed by atoms with Crippen LogP contribution in [0.15, 0.2) is 29.6 Å². The van der Waals surface area contributed by atoms with Crippen molar-refractivity contribution >= 4 is 28.1 Å². The van der Waals surface area contributed by atoms with Crippen LogP contribution in [0.5, 0.6) is 0 Å². The maximum atomic E-state index is 11.7. The lowest BCUT2D eigenvalue weighted by atomic mass is 10.1. The first kappa shape index (κ1) is 16.5. The molecule has 0 fully saturated rings. The molecular weight excluding hydrogens is 298 g/mol. The number of ether oxygens (including phenoxy) is 1. The molecule has 1 amide bonds. The van der Waals surface area contributed by atoms with Gasteiger partial charge in [-0.3, -0.25) is 4.79 Å². The average Bonchev–Trinajstić information content (AvgIpc) is 2.97. The molecule has 1 aromatic carbocycles. The lowest BCUT2D eigenvalue weighted by molar-refractivity contribution is -0.118. The van der Waals surface area contributed by atoms with Gasteiger partial charge in [0.05, 0.1) is 12.3 Å². The quantitative estimate of drug-likeness (QED) is 0.767. The molecule has 0 aliphatic carbocycles. The SMILES string of the molecule is COCCNc1nc(-c2ccc(NC(=O)C(C)C)cc2)cs1. The lowest BCUT2D eigenvalue weighted by Gasteiger charge is -2.07. The van der Waals surface area contributed by atoms with Crippen molar-refractivity contribution in [2.45, 2.75) is 13.8 Å². The molecule has 2 aromatic rings. The Kier molecular flexibility index (Phi) is 5.91. The van der Waals surface area contributed by atoms with E-state index in [1.807, 2.05) is 43.5 Å². The van der Waals surface area contributed by atoms with E-state index in [0.717, 1.165) is 28.6 Å². The molecule has 2 rings (SSSR count). The Balaban J connectivity index is 1.99. The number of carbonyl (C=O) groups excluding carboxylic acids is 1. The number of rotatable bonds is 7. The highest BCUT2D eigenvalue weighted by Crippen LogP contribution is 2.26. The summed E-state index contributed by atoms with van der Waals surface area (Å²) in [6, 6.07) is 7.72. The van der Waals surface area contributed by atoms with Crippen LogP contribution in [-0.2, 0) is 9.53 Å². The number of hydrogen-bond donors (Lipinski definition) is 2. The van der Waals surface area contributed by atoms with Crippen LogP contribution >= 0.6 is 11.3 Å². The van der Waals surface area contributed by atoms with E-state index in [-0.39, 0.29) is 11.8 Å². The van der Waals surface area contributed by atoms with Crippen molar-refractivity contribution < 1.29 is 9.53 Å². The predicted molar refractivity (Wildman–Crippen MR) is 91.4 cm³/mol. The van der Waals surface area contributed by atoms with Crippen LogP contribution in [0.4, 0.5) is 10.8 Å². The second-order valence-electron chi connectivity index (χ2n) is 5.18. The molecular formula is C16H21N3O2S. The molecule has 0 aliphatic heterocycles. The highest BCUT2D eigenvalue weighted by molar-refractivity contribution is 7.14. The number of aromatic nitrogens is 1. The summed E-state index contributed by atoms with van der Waals surface area (Å²) in [6.45, 7) is 5.14. The maximum absolute atomic E-state index is 11.7. The van der Waals surface area contributed by atoms with Gasteiger partial charge in [0.15, 0.2) is 5.13 Å². The minimum absolute atomic E-state index is 0.0195. The van der Waals surface area contributed by atoms with E-state index in [1.165, 1.54) is 0 Å². The third kappa shape index (κ3) is 4.54. The molecule has 0 saturated heterocycles. The molecule has 0 saturated carbocycles. The summed E-state index contributed by atoms with van der Waals surface area (Å²) in [4.78, 5) is 16.2. The van der Waals surface area contributed by atoms with Crippen molar-refractivity contribution in [3.63, 3.8) is 0 Å². The number of thiazole rings is 1. The van der Waals surface area contributed by atoms with Gasteiger partial charge in [-0.25, -0.2) is 4.98 Å². The minimum Gasteiger partial charge on any atom is -0.383 e. The van der Waals surface area contributed by atoms with Gasteiger partial charge in [-0.2, -0.15) is 0 Å². The summed E-state index contributed by atoms with van der Waals surface area (Å²) in [5.74, 6) is -0.00927. The normalized spacial score (nSPS) is 10.7. The van der Waals surface area contributed by atoms with Crippen molar-refractivity contribution in [3.8, 4) is 11.3 Å². The smallest absolute Gasteiger partial charge is 0.226 e. The summed E-state index contributed by atoms with van der Waals surface area (Å²) in [5, 5.41) is 8.98. The largest absolute Gasteiger partial charge is 0.383 e. The van der Waals surface area contributed by atoms with Crippen molar-refractivity contribution in [1.29, 1.82) is 0 Å². The molecule has 22 heavy (non-hydrogen) atoms. The van der Waals surface area contributed by atoms with Crippen LogP contribution in [0.2, 0.25) is 0 Å². The number of methoxy groups -OCH3 is 1. The van der Waals surface area contributed by atoms with E-state index in [1.54, 1.807) is 18.4 Å². The number of hydrogen-bond acceptors (Lipinski definition) is 5. The highest BCUT2D eigenvalue weighted by atomic mass is 32.1. The first-order valence-corrected chi connectivity index (χ1v) is 8.07. The van der Waals surface area contributed by atoms with Crippen LogP contribution in [0, 0.1) is 5.92 Å². The van der Waals surface area contributed by atoms with Crippen molar-refractivity contribution in [3.05, 3.63) is 29.6 Å². The molecule has 1 aromatic heterocycles. The van der Waals surface area contributed by atoms with Gasteiger partial charge < -0.3 is 15.4 Å². The second kappa shape index (κ2) is 7.91. The average molecular weight is 319 g/mol. The number of carbonyl (C=O) groups is 1. The Morgan fingerprint density at radius 3 is 2.68 bits per heavy atom. The van der Waals surface area contributed by atoms with Crippen molar-refractivity contribution in [2.75, 3.05) is 30.9 Å². The minimum atomic E-state index is -0.0288. The fraction of sp³-hybridized carbons (Fsp3) is 0.375. The summed E-state index contributed by atoms with van der Waals surface area (Å²) >= 11 is 1.57. The van der Waals surface area contributed by atoms with Crippen LogP contribution in [-0.4, -0.2) is 31.2 Å². The number of nitrogens with one attached hydrogen (secondary N) is 2. The van der Waals surface area contributed by atoms with Crippen molar-refractivity contribution in [1.82, 2.24) is 4.98 Å². The fourth-order valence-electron chi connectivity index (χ4n) is 1.76. The van der Waals surface area contributed by atoms with Crippen LogP contribution in [0.1, 0.15) is 13.8 Å². The van der Waals surface area contributed by atoms with Gasteiger partial charge in [-0.1, -0.05) is 26.0 Å². The van der Waals surface area contributed by atoms with E-state index in [4.69, 9.17) is 4.74 Å². The molecule has 6 heteroatoms. The van der Waals surface area contributed by atoms with Gasteiger partial charge in [-0.15, -0.1) is 11.3 Å². The zero-order valence-electron chi connectivity index (χ0n) is 13.1. The standard InChI is InChI=1S/C16H21N3O2S/c1-11(2)15(20)18-13-6-4-12(5-7-13)14-10-22-16(19-14)17-8-9-21-3/h4-7,10-11H,8-9H2,1-3H3,(H,17,19)(H,18,20). The predicted octanol–water partition coefficient (Wildman–Crippen LogP) is 3.46. The topological polar surface area (TPSA) is 63.2 Å². The van der Waals surface area contributed by atoms with E-state index in [9.17, 15) is 4.79 Å². The Morgan fingerprint density at radius 2 is 2.05 bits per heavy atom. The third-order valence-corrected chi connectivity index (χ3v) is 3.86. The van der Waals surface area contributed by atoms with Gasteiger partial charge >= 0.3 is 0 Å². The van der Waals surface area contributed by atoms with Crippen LogP contribution in [0.25, 0.3) is 11.3 Å². The summed E-state index contributed by atoms with van der Waals surface area (Å²) in [6.07, 6.45) is 0. The van der Waals surface area contributed by atoms with Gasteiger partial charge in [0.1, 0.15) is 0 Å². The Bertz CT molecular complexity index is 608. The molecule has 5 nitrogen and oxygen atoms in total. The highest BCUT2D eigenvalue weighted by Gasteiger charge is 2.08. The number of amides is 1. The molecule has 0 unspecified atom stereocenters. The molecule has 118 valence electrons. The zero-order valence-corrected chi connectivity index (χ0v) is 13.9. The van der Waals surface area contributed by atoms with Crippen LogP contribution < -0.4 is 10.6 Å². The van der Waals surface area contributed by atoms with Gasteiger partial charge in [0.25, 0.3) is 0 Å². The van der Waals surface area contributed by atoms with Gasteiger partial charge in [-0.05, 0) is 12.1 Å². The number of benzene rings is 1. The summed E-state index contributed by atoms with van der Waals surface area (Å²) < 4.78 is 5.00. The van der Waals surface area contributed by atoms with Crippen LogP contribution in [0.3, 0.4) is 0 Å². The zero-order chi connectivity index (χ0) is 15.9. The Hall–Kier alpha value is -1.92. The van der Waals surface area contributed by atoms with Gasteiger partial charge in [0, 0.05) is 36.2 Å². The number of anilines is 2. The first-order valence-electron chi connectivity index (χ1n) is 7.20. The van der Waals surface area contributed by atoms with E-state index in [2.05, 4.69) is 15.6 Å². The van der Waals surface area contributed by atoms with Crippen molar-refractivity contribution in [2.24, 2.45) is 5.92 Å². The first-order chi connectivity index (χ1) is 10.6. The molecule has 2 N–H and O–H groups in total. The molecule has 0 radical (unpaired) electrons. The third-order valence-electron chi connectivity index (χ3n) is 3.06. The molecule has 1 heterocycles. The molecule has 0 spiro atoms. The Labute approximate surface area is 134 Å². The Morgan fingerprint density at radius 1 is 1.32 bits per heavy atom. The number of nitrogens with zero attached hydrogens (tertiary/aromatic N) is 1. The van der Waals surface area contributed by atoms with Gasteiger partial charge in [0.2, 0.25) is 5.91 Å². The fourth-order valence-corrected chi connectivity index (χ4v) is 2.51. The molecule has 0 aliphatic rings. The van der Waals surface area contributed by atoms with E-state index in [0.29, 0.717) is 6.61 Å². The lowest BCUT2D eigenvalue weighted by Crippen LogP contribution is -2.17. The second-order valence-corrected chi connectivity index (χ2v) is 6.04. The van der Waals surface area contributed by atoms with E-state index >= 15 is 0 Å². The molecule has 0 bridgehead atoms. The molecule has 0 atom stereocenters. The van der Waals surface area contributed by atoms with E-state index < -0.39 is 0 Å².